The minimum absolute atomic E-state index is 0.445. The average Bonchev–Trinajstić information content (AvgIpc) is 2.22. The lowest BCUT2D eigenvalue weighted by Crippen LogP contribution is -2.14. The van der Waals surface area contributed by atoms with Crippen molar-refractivity contribution in [2.24, 2.45) is 5.73 Å². The highest BCUT2D eigenvalue weighted by atomic mass is 16.5. The van der Waals surface area contributed by atoms with Crippen molar-refractivity contribution in [3.63, 3.8) is 0 Å². The van der Waals surface area contributed by atoms with Crippen LogP contribution in [0.3, 0.4) is 0 Å². The number of hydrogen-bond donors (Lipinski definition) is 1. The summed E-state index contributed by atoms with van der Waals surface area (Å²) in [5, 5.41) is 0. The third kappa shape index (κ3) is 8.52. The van der Waals surface area contributed by atoms with Gasteiger partial charge >= 0.3 is 0 Å². The van der Waals surface area contributed by atoms with Gasteiger partial charge in [0.25, 0.3) is 0 Å². The molecule has 0 aliphatic carbocycles. The molecule has 0 radical (unpaired) electrons. The third-order valence-electron chi connectivity index (χ3n) is 2.54. The van der Waals surface area contributed by atoms with E-state index in [-0.39, 0.29) is 0 Å². The molecule has 1 unspecified atom stereocenters. The van der Waals surface area contributed by atoms with Crippen LogP contribution >= 0.6 is 0 Å². The van der Waals surface area contributed by atoms with E-state index in [0.717, 1.165) is 32.4 Å². The van der Waals surface area contributed by atoms with Crippen molar-refractivity contribution in [1.82, 2.24) is 0 Å². The third-order valence-corrected chi connectivity index (χ3v) is 2.54. The maximum atomic E-state index is 5.78. The maximum absolute atomic E-state index is 5.78. The van der Waals surface area contributed by atoms with Crippen LogP contribution in [-0.4, -0.2) is 19.3 Å². The second kappa shape index (κ2) is 11.0. The minimum Gasteiger partial charge on any atom is -0.378 e. The molecule has 0 fully saturated rings. The van der Waals surface area contributed by atoms with Crippen molar-refractivity contribution in [1.29, 1.82) is 0 Å². The van der Waals surface area contributed by atoms with Crippen LogP contribution in [0.4, 0.5) is 0 Å². The normalized spacial score (nSPS) is 13.1. The summed E-state index contributed by atoms with van der Waals surface area (Å²) in [6.45, 7) is 6.14. The molecule has 0 aliphatic rings. The van der Waals surface area contributed by atoms with E-state index in [9.17, 15) is 0 Å². The second-order valence-corrected chi connectivity index (χ2v) is 3.89. The molecule has 0 bridgehead atoms. The smallest absolute Gasteiger partial charge is 0.0573 e. The van der Waals surface area contributed by atoms with Crippen LogP contribution in [0, 0.1) is 0 Å². The summed E-state index contributed by atoms with van der Waals surface area (Å²) in [6, 6.07) is 0. The van der Waals surface area contributed by atoms with Gasteiger partial charge < -0.3 is 10.5 Å². The molecular formula is C12H27NO. The molecule has 0 aromatic rings. The second-order valence-electron chi connectivity index (χ2n) is 3.89. The Morgan fingerprint density at radius 1 is 1.07 bits per heavy atom. The summed E-state index contributed by atoms with van der Waals surface area (Å²) < 4.78 is 5.78. The molecule has 14 heavy (non-hydrogen) atoms. The summed E-state index contributed by atoms with van der Waals surface area (Å²) in [7, 11) is 0. The number of ether oxygens (including phenoxy) is 1. The Balaban J connectivity index is 3.24. The Morgan fingerprint density at radius 2 is 1.86 bits per heavy atom. The van der Waals surface area contributed by atoms with Gasteiger partial charge in [-0.3, -0.25) is 0 Å². The summed E-state index contributed by atoms with van der Waals surface area (Å²) >= 11 is 0. The van der Waals surface area contributed by atoms with E-state index in [1.165, 1.54) is 25.7 Å². The highest BCUT2D eigenvalue weighted by molar-refractivity contribution is 4.56. The van der Waals surface area contributed by atoms with E-state index in [1.54, 1.807) is 0 Å². The number of hydrogen-bond acceptors (Lipinski definition) is 2. The average molecular weight is 201 g/mol. The molecular weight excluding hydrogens is 174 g/mol. The molecule has 1 atom stereocenters. The zero-order chi connectivity index (χ0) is 10.6. The fraction of sp³-hybridized carbons (Fsp3) is 1.00. The Morgan fingerprint density at radius 3 is 2.43 bits per heavy atom. The molecule has 0 aliphatic heterocycles. The first-order valence-electron chi connectivity index (χ1n) is 6.16. The molecule has 0 amide bonds. The van der Waals surface area contributed by atoms with Gasteiger partial charge in [-0.1, -0.05) is 33.1 Å². The van der Waals surface area contributed by atoms with Crippen LogP contribution < -0.4 is 5.73 Å². The topological polar surface area (TPSA) is 35.2 Å². The summed E-state index contributed by atoms with van der Waals surface area (Å²) in [6.07, 6.45) is 8.94. The van der Waals surface area contributed by atoms with Crippen molar-refractivity contribution >= 4 is 0 Å². The van der Waals surface area contributed by atoms with Gasteiger partial charge in [0.15, 0.2) is 0 Å². The summed E-state index contributed by atoms with van der Waals surface area (Å²) in [4.78, 5) is 0. The first kappa shape index (κ1) is 13.9. The molecule has 0 saturated carbocycles. The van der Waals surface area contributed by atoms with Crippen LogP contribution in [0.1, 0.15) is 58.8 Å². The van der Waals surface area contributed by atoms with Gasteiger partial charge in [-0.15, -0.1) is 0 Å². The van der Waals surface area contributed by atoms with E-state index in [2.05, 4.69) is 13.8 Å². The van der Waals surface area contributed by atoms with Crippen LogP contribution in [0.5, 0.6) is 0 Å². The van der Waals surface area contributed by atoms with Crippen LogP contribution in [0.15, 0.2) is 0 Å². The molecule has 0 aromatic heterocycles. The quantitative estimate of drug-likeness (QED) is 0.551. The molecule has 2 N–H and O–H groups in total. The van der Waals surface area contributed by atoms with E-state index < -0.39 is 0 Å². The lowest BCUT2D eigenvalue weighted by molar-refractivity contribution is 0.0416. The van der Waals surface area contributed by atoms with Crippen LogP contribution in [-0.2, 0) is 4.74 Å². The zero-order valence-electron chi connectivity index (χ0n) is 9.93. The maximum Gasteiger partial charge on any atom is 0.0573 e. The lowest BCUT2D eigenvalue weighted by atomic mass is 10.1. The van der Waals surface area contributed by atoms with E-state index >= 15 is 0 Å². The van der Waals surface area contributed by atoms with Crippen LogP contribution in [0.25, 0.3) is 0 Å². The Bertz CT molecular complexity index is 106. The van der Waals surface area contributed by atoms with Gasteiger partial charge in [0.05, 0.1) is 6.10 Å². The fourth-order valence-electron chi connectivity index (χ4n) is 1.53. The predicted molar refractivity (Wildman–Crippen MR) is 62.5 cm³/mol. The van der Waals surface area contributed by atoms with E-state index in [0.29, 0.717) is 6.10 Å². The first-order valence-corrected chi connectivity index (χ1v) is 6.16. The molecule has 0 saturated heterocycles. The number of rotatable bonds is 10. The standard InChI is InChI=1S/C12H27NO/c1-3-5-6-7-11-14-12(4-2)9-8-10-13/h12H,3-11,13H2,1-2H3. The number of nitrogens with two attached hydrogens (primary N) is 1. The van der Waals surface area contributed by atoms with E-state index in [1.807, 2.05) is 0 Å². The van der Waals surface area contributed by atoms with Gasteiger partial charge in [-0.2, -0.15) is 0 Å². The van der Waals surface area contributed by atoms with Crippen molar-refractivity contribution in [2.45, 2.75) is 64.9 Å². The zero-order valence-corrected chi connectivity index (χ0v) is 9.93. The molecule has 2 nitrogen and oxygen atoms in total. The first-order chi connectivity index (χ1) is 6.85. The van der Waals surface area contributed by atoms with Crippen molar-refractivity contribution < 1.29 is 4.74 Å². The molecule has 2 heteroatoms. The molecule has 0 heterocycles. The molecule has 0 aromatic carbocycles. The van der Waals surface area contributed by atoms with Crippen LogP contribution in [0.2, 0.25) is 0 Å². The molecule has 0 rings (SSSR count). The fourth-order valence-corrected chi connectivity index (χ4v) is 1.53. The van der Waals surface area contributed by atoms with Crippen molar-refractivity contribution in [2.75, 3.05) is 13.2 Å². The minimum atomic E-state index is 0.445. The van der Waals surface area contributed by atoms with Crippen molar-refractivity contribution in [3.05, 3.63) is 0 Å². The largest absolute Gasteiger partial charge is 0.378 e. The summed E-state index contributed by atoms with van der Waals surface area (Å²) in [5.41, 5.74) is 5.47. The number of unbranched alkanes of at least 4 members (excludes halogenated alkanes) is 3. The SMILES string of the molecule is CCCCCCOC(CC)CCCN. The van der Waals surface area contributed by atoms with E-state index in [4.69, 9.17) is 10.5 Å². The summed E-state index contributed by atoms with van der Waals surface area (Å²) in [5.74, 6) is 0. The molecule has 0 spiro atoms. The monoisotopic (exact) mass is 201 g/mol. The molecule has 86 valence electrons. The van der Waals surface area contributed by atoms with Gasteiger partial charge in [0.1, 0.15) is 0 Å². The lowest BCUT2D eigenvalue weighted by Gasteiger charge is -2.15. The van der Waals surface area contributed by atoms with Gasteiger partial charge in [0.2, 0.25) is 0 Å². The Labute approximate surface area is 89.2 Å². The Kier molecular flexibility index (Phi) is 10.9. The van der Waals surface area contributed by atoms with Gasteiger partial charge in [-0.25, -0.2) is 0 Å². The highest BCUT2D eigenvalue weighted by Gasteiger charge is 2.04. The van der Waals surface area contributed by atoms with Crippen molar-refractivity contribution in [3.8, 4) is 0 Å². The predicted octanol–water partition coefficient (Wildman–Crippen LogP) is 3.10. The van der Waals surface area contributed by atoms with Gasteiger partial charge in [0, 0.05) is 6.61 Å². The highest BCUT2D eigenvalue weighted by Crippen LogP contribution is 2.08. The Hall–Kier alpha value is -0.0800. The van der Waals surface area contributed by atoms with Gasteiger partial charge in [-0.05, 0) is 32.2 Å².